The Balaban J connectivity index is 2.12. The summed E-state index contributed by atoms with van der Waals surface area (Å²) in [7, 11) is -1.42. The largest absolute Gasteiger partial charge is 0.497 e. The quantitative estimate of drug-likeness (QED) is 0.715. The highest BCUT2D eigenvalue weighted by Crippen LogP contribution is 2.21. The summed E-state index contributed by atoms with van der Waals surface area (Å²) in [4.78, 5) is 14.1. The van der Waals surface area contributed by atoms with Crippen molar-refractivity contribution in [1.82, 2.24) is 4.90 Å². The van der Waals surface area contributed by atoms with E-state index in [1.54, 1.807) is 7.11 Å². The van der Waals surface area contributed by atoms with Gasteiger partial charge in [0.25, 0.3) is 0 Å². The molecule has 2 rings (SSSR count). The molecule has 0 aliphatic carbocycles. The van der Waals surface area contributed by atoms with Gasteiger partial charge in [-0.15, -0.1) is 0 Å². The van der Waals surface area contributed by atoms with Gasteiger partial charge in [-0.05, 0) is 44.9 Å². The maximum atomic E-state index is 12.2. The van der Waals surface area contributed by atoms with E-state index in [4.69, 9.17) is 9.47 Å². The lowest BCUT2D eigenvalue weighted by Crippen LogP contribution is -2.41. The molecule has 0 radical (unpaired) electrons. The van der Waals surface area contributed by atoms with Crippen LogP contribution in [0.3, 0.4) is 0 Å². The first-order valence-corrected chi connectivity index (χ1v) is 10.2. The van der Waals surface area contributed by atoms with E-state index in [9.17, 15) is 13.2 Å². The van der Waals surface area contributed by atoms with Crippen molar-refractivity contribution in [3.63, 3.8) is 0 Å². The van der Waals surface area contributed by atoms with E-state index in [0.717, 1.165) is 11.3 Å². The highest BCUT2D eigenvalue weighted by molar-refractivity contribution is 7.91. The van der Waals surface area contributed by atoms with Gasteiger partial charge < -0.3 is 9.47 Å². The fourth-order valence-electron chi connectivity index (χ4n) is 2.88. The maximum Gasteiger partial charge on any atom is 0.320 e. The molecule has 7 heteroatoms. The van der Waals surface area contributed by atoms with Gasteiger partial charge in [0.05, 0.1) is 25.2 Å². The number of methoxy groups -OCH3 is 1. The zero-order valence-corrected chi connectivity index (χ0v) is 16.1. The van der Waals surface area contributed by atoms with Crippen LogP contribution in [0.15, 0.2) is 24.3 Å². The van der Waals surface area contributed by atoms with Gasteiger partial charge in [0.2, 0.25) is 0 Å². The van der Waals surface area contributed by atoms with Crippen molar-refractivity contribution in [2.75, 3.05) is 25.2 Å². The van der Waals surface area contributed by atoms with E-state index >= 15 is 0 Å². The van der Waals surface area contributed by atoms with Crippen molar-refractivity contribution < 1.29 is 22.7 Å². The SMILES string of the molecule is COc1ccc(CN(CC(=O)OC(C)(C)C)C2CCS(=O)(=O)C2)cc1. The molecule has 1 aromatic carbocycles. The van der Waals surface area contributed by atoms with Crippen LogP contribution in [0.1, 0.15) is 32.8 Å². The Bertz CT molecular complexity index is 691. The van der Waals surface area contributed by atoms with Crippen molar-refractivity contribution in [3.05, 3.63) is 29.8 Å². The molecule has 6 nitrogen and oxygen atoms in total. The van der Waals surface area contributed by atoms with Gasteiger partial charge in [0, 0.05) is 12.6 Å². The number of ether oxygens (including phenoxy) is 2. The third-order valence-electron chi connectivity index (χ3n) is 4.02. The van der Waals surface area contributed by atoms with E-state index in [-0.39, 0.29) is 30.1 Å². The molecule has 1 saturated heterocycles. The minimum Gasteiger partial charge on any atom is -0.497 e. The van der Waals surface area contributed by atoms with Crippen molar-refractivity contribution in [2.45, 2.75) is 45.4 Å². The summed E-state index contributed by atoms with van der Waals surface area (Å²) in [5, 5.41) is 0. The molecule has 140 valence electrons. The Labute approximate surface area is 150 Å². The van der Waals surface area contributed by atoms with Gasteiger partial charge >= 0.3 is 5.97 Å². The zero-order chi connectivity index (χ0) is 18.7. The monoisotopic (exact) mass is 369 g/mol. The molecule has 1 aromatic rings. The number of benzene rings is 1. The zero-order valence-electron chi connectivity index (χ0n) is 15.3. The number of rotatable bonds is 6. The predicted octanol–water partition coefficient (Wildman–Crippen LogP) is 2.03. The summed E-state index contributed by atoms with van der Waals surface area (Å²) in [5.41, 5.74) is 0.429. The van der Waals surface area contributed by atoms with E-state index in [2.05, 4.69) is 0 Å². The number of nitrogens with zero attached hydrogens (tertiary/aromatic N) is 1. The Morgan fingerprint density at radius 1 is 1.24 bits per heavy atom. The predicted molar refractivity (Wildman–Crippen MR) is 96.3 cm³/mol. The minimum atomic E-state index is -3.03. The third kappa shape index (κ3) is 6.32. The summed E-state index contributed by atoms with van der Waals surface area (Å²) < 4.78 is 34.2. The lowest BCUT2D eigenvalue weighted by molar-refractivity contribution is -0.156. The number of esters is 1. The first-order chi connectivity index (χ1) is 11.6. The molecule has 1 aliphatic rings. The smallest absolute Gasteiger partial charge is 0.320 e. The molecule has 0 amide bonds. The van der Waals surface area contributed by atoms with Crippen LogP contribution < -0.4 is 4.74 Å². The fourth-order valence-corrected chi connectivity index (χ4v) is 4.64. The Kier molecular flexibility index (Phi) is 6.11. The second kappa shape index (κ2) is 7.74. The van der Waals surface area contributed by atoms with Gasteiger partial charge in [-0.2, -0.15) is 0 Å². The van der Waals surface area contributed by atoms with Crippen molar-refractivity contribution in [1.29, 1.82) is 0 Å². The summed E-state index contributed by atoms with van der Waals surface area (Å²) >= 11 is 0. The van der Waals surface area contributed by atoms with Crippen LogP contribution in [0.25, 0.3) is 0 Å². The molecule has 1 atom stereocenters. The average Bonchev–Trinajstić information content (AvgIpc) is 2.85. The normalized spacial score (nSPS) is 19.8. The first kappa shape index (κ1) is 19.7. The molecule has 1 heterocycles. The van der Waals surface area contributed by atoms with Crippen LogP contribution in [0.5, 0.6) is 5.75 Å². The molecular formula is C18H27NO5S. The third-order valence-corrected chi connectivity index (χ3v) is 5.77. The molecular weight excluding hydrogens is 342 g/mol. The molecule has 0 aromatic heterocycles. The highest BCUT2D eigenvalue weighted by atomic mass is 32.2. The van der Waals surface area contributed by atoms with Gasteiger partial charge in [0.1, 0.15) is 11.4 Å². The summed E-state index contributed by atoms with van der Waals surface area (Å²) in [6.45, 7) is 6.02. The van der Waals surface area contributed by atoms with Gasteiger partial charge in [-0.3, -0.25) is 9.69 Å². The summed E-state index contributed by atoms with van der Waals surface area (Å²) in [6, 6.07) is 7.38. The molecule has 1 unspecified atom stereocenters. The number of carbonyl (C=O) groups excluding carboxylic acids is 1. The lowest BCUT2D eigenvalue weighted by Gasteiger charge is -2.29. The Morgan fingerprint density at radius 2 is 1.88 bits per heavy atom. The first-order valence-electron chi connectivity index (χ1n) is 8.37. The van der Waals surface area contributed by atoms with Gasteiger partial charge in [-0.1, -0.05) is 12.1 Å². The van der Waals surface area contributed by atoms with E-state index in [0.29, 0.717) is 13.0 Å². The van der Waals surface area contributed by atoms with E-state index in [1.165, 1.54) is 0 Å². The van der Waals surface area contributed by atoms with E-state index < -0.39 is 15.4 Å². The van der Waals surface area contributed by atoms with Gasteiger partial charge in [0.15, 0.2) is 9.84 Å². The van der Waals surface area contributed by atoms with Crippen molar-refractivity contribution >= 4 is 15.8 Å². The summed E-state index contributed by atoms with van der Waals surface area (Å²) in [5.74, 6) is 0.674. The van der Waals surface area contributed by atoms with Crippen LogP contribution in [-0.4, -0.2) is 56.1 Å². The lowest BCUT2D eigenvalue weighted by atomic mass is 10.1. The molecule has 0 saturated carbocycles. The van der Waals surface area contributed by atoms with E-state index in [1.807, 2.05) is 49.9 Å². The van der Waals surface area contributed by atoms with Gasteiger partial charge in [-0.25, -0.2) is 8.42 Å². The topological polar surface area (TPSA) is 72.9 Å². The molecule has 1 fully saturated rings. The van der Waals surface area contributed by atoms with Crippen LogP contribution >= 0.6 is 0 Å². The maximum absolute atomic E-state index is 12.2. The fraction of sp³-hybridized carbons (Fsp3) is 0.611. The minimum absolute atomic E-state index is 0.0729. The second-order valence-electron chi connectivity index (χ2n) is 7.40. The van der Waals surface area contributed by atoms with Crippen LogP contribution in [0.4, 0.5) is 0 Å². The Morgan fingerprint density at radius 3 is 2.36 bits per heavy atom. The average molecular weight is 369 g/mol. The summed E-state index contributed by atoms with van der Waals surface area (Å²) in [6.07, 6.45) is 0.543. The van der Waals surface area contributed by atoms with Crippen molar-refractivity contribution in [2.24, 2.45) is 0 Å². The molecule has 0 bridgehead atoms. The molecule has 1 aliphatic heterocycles. The van der Waals surface area contributed by atoms with Crippen LogP contribution in [-0.2, 0) is 25.9 Å². The van der Waals surface area contributed by atoms with Crippen LogP contribution in [0.2, 0.25) is 0 Å². The second-order valence-corrected chi connectivity index (χ2v) is 9.63. The van der Waals surface area contributed by atoms with Crippen molar-refractivity contribution in [3.8, 4) is 5.75 Å². The number of carbonyl (C=O) groups is 1. The molecule has 25 heavy (non-hydrogen) atoms. The number of hydrogen-bond acceptors (Lipinski definition) is 6. The molecule has 0 spiro atoms. The number of hydrogen-bond donors (Lipinski definition) is 0. The molecule has 0 N–H and O–H groups in total. The number of sulfone groups is 1. The standard InChI is InChI=1S/C18H27NO5S/c1-18(2,3)24-17(20)12-19(15-9-10-25(21,22)13-15)11-14-5-7-16(23-4)8-6-14/h5-8,15H,9-13H2,1-4H3. The highest BCUT2D eigenvalue weighted by Gasteiger charge is 2.33. The van der Waals surface area contributed by atoms with Crippen LogP contribution in [0, 0.1) is 0 Å². The Hall–Kier alpha value is -1.60.